The minimum absolute atomic E-state index is 0.0762. The third-order valence-corrected chi connectivity index (χ3v) is 10.2. The number of carbonyl (C=O) groups excluding carboxylic acids is 2. The van der Waals surface area contributed by atoms with Gasteiger partial charge in [0.2, 0.25) is 11.8 Å². The molecule has 41 heavy (non-hydrogen) atoms. The fraction of sp³-hybridized carbons (Fsp3) is 0.412. The second-order valence-corrected chi connectivity index (χ2v) is 12.6. The minimum Gasteiger partial charge on any atom is -0.345 e. The molecular formula is C34H39Cl2N3O2. The molecule has 5 rings (SSSR count). The first kappa shape index (κ1) is 29.6. The van der Waals surface area contributed by atoms with Crippen molar-refractivity contribution < 1.29 is 9.59 Å². The lowest BCUT2D eigenvalue weighted by Crippen LogP contribution is -2.53. The largest absolute Gasteiger partial charge is 0.345 e. The molecular weight excluding hydrogens is 553 g/mol. The van der Waals surface area contributed by atoms with Crippen molar-refractivity contribution in [3.63, 3.8) is 0 Å². The Kier molecular flexibility index (Phi) is 8.79. The number of amides is 2. The van der Waals surface area contributed by atoms with Crippen LogP contribution < -0.4 is 0 Å². The molecule has 0 bridgehead atoms. The Balaban J connectivity index is 1.33. The number of nitrogens with zero attached hydrogens (tertiary/aromatic N) is 3. The first-order valence-corrected chi connectivity index (χ1v) is 15.2. The van der Waals surface area contributed by atoms with Crippen molar-refractivity contribution in [1.82, 2.24) is 14.7 Å². The minimum atomic E-state index is -0.607. The molecule has 1 aliphatic heterocycles. The van der Waals surface area contributed by atoms with Gasteiger partial charge in [0.1, 0.15) is 0 Å². The van der Waals surface area contributed by atoms with E-state index in [-0.39, 0.29) is 23.3 Å². The number of likely N-dealkylation sites (tertiary alicyclic amines) is 1. The average Bonchev–Trinajstić information content (AvgIpc) is 3.72. The van der Waals surface area contributed by atoms with E-state index < -0.39 is 5.41 Å². The second kappa shape index (κ2) is 12.2. The fourth-order valence-corrected chi connectivity index (χ4v) is 7.03. The quantitative estimate of drug-likeness (QED) is 0.288. The van der Waals surface area contributed by atoms with Crippen molar-refractivity contribution in [3.05, 3.63) is 106 Å². The molecule has 216 valence electrons. The predicted octanol–water partition coefficient (Wildman–Crippen LogP) is 6.42. The Bertz CT molecular complexity index is 1380. The summed E-state index contributed by atoms with van der Waals surface area (Å²) < 4.78 is 0. The van der Waals surface area contributed by atoms with Gasteiger partial charge in [0, 0.05) is 47.2 Å². The zero-order valence-corrected chi connectivity index (χ0v) is 25.7. The number of piperidine rings is 1. The monoisotopic (exact) mass is 591 g/mol. The summed E-state index contributed by atoms with van der Waals surface area (Å²) in [5.74, 6) is 0.400. The van der Waals surface area contributed by atoms with Gasteiger partial charge in [-0.05, 0) is 60.4 Å². The normalized spacial score (nSPS) is 21.7. The summed E-state index contributed by atoms with van der Waals surface area (Å²) in [5, 5.41) is 0.974. The maximum atomic E-state index is 14.1. The van der Waals surface area contributed by atoms with Crippen molar-refractivity contribution in [2.24, 2.45) is 5.92 Å². The van der Waals surface area contributed by atoms with Gasteiger partial charge in [0.25, 0.3) is 0 Å². The molecule has 1 saturated heterocycles. The standard InChI is InChI=1S/C34H39Cl2N3O2/c1-25(40)38(3)33(27-12-8-5-9-13-27)17-20-39(21-18-33)24-29-23-34(29,28-14-15-30(35)31(36)22-28)32(41)37(2)19-16-26-10-6-4-7-11-26/h4-15,22,29H,16-21,23-24H2,1-3H3/t29?,34-/m1/s1. The van der Waals surface area contributed by atoms with E-state index in [1.54, 1.807) is 13.0 Å². The summed E-state index contributed by atoms with van der Waals surface area (Å²) in [6.07, 6.45) is 3.30. The van der Waals surface area contributed by atoms with Crippen molar-refractivity contribution in [2.75, 3.05) is 40.3 Å². The fourth-order valence-electron chi connectivity index (χ4n) is 6.73. The zero-order chi connectivity index (χ0) is 29.2. The van der Waals surface area contributed by atoms with Crippen LogP contribution in [0.25, 0.3) is 0 Å². The molecule has 1 unspecified atom stereocenters. The van der Waals surface area contributed by atoms with Crippen LogP contribution in [0.2, 0.25) is 10.0 Å². The molecule has 2 fully saturated rings. The lowest BCUT2D eigenvalue weighted by Gasteiger charge is -2.48. The number of carbonyl (C=O) groups is 2. The summed E-state index contributed by atoms with van der Waals surface area (Å²) in [5.41, 5.74) is 2.42. The van der Waals surface area contributed by atoms with Crippen LogP contribution in [0.1, 0.15) is 42.9 Å². The van der Waals surface area contributed by atoms with E-state index in [0.29, 0.717) is 16.6 Å². The highest BCUT2D eigenvalue weighted by molar-refractivity contribution is 6.42. The molecule has 5 nitrogen and oxygen atoms in total. The summed E-state index contributed by atoms with van der Waals surface area (Å²) in [7, 11) is 3.83. The highest BCUT2D eigenvalue weighted by Crippen LogP contribution is 2.57. The summed E-state index contributed by atoms with van der Waals surface area (Å²) in [6.45, 7) is 4.84. The van der Waals surface area contributed by atoms with Gasteiger partial charge < -0.3 is 14.7 Å². The second-order valence-electron chi connectivity index (χ2n) is 11.7. The Morgan fingerprint density at radius 3 is 2.12 bits per heavy atom. The molecule has 0 aromatic heterocycles. The van der Waals surface area contributed by atoms with Crippen LogP contribution in [0.4, 0.5) is 0 Å². The molecule has 0 spiro atoms. The van der Waals surface area contributed by atoms with Gasteiger partial charge in [0.15, 0.2) is 0 Å². The highest BCUT2D eigenvalue weighted by Gasteiger charge is 2.62. The molecule has 1 aliphatic carbocycles. The predicted molar refractivity (Wildman–Crippen MR) is 166 cm³/mol. The molecule has 0 N–H and O–H groups in total. The molecule has 2 amide bonds. The highest BCUT2D eigenvalue weighted by atomic mass is 35.5. The number of hydrogen-bond acceptors (Lipinski definition) is 3. The lowest BCUT2D eigenvalue weighted by atomic mass is 9.79. The van der Waals surface area contributed by atoms with E-state index in [4.69, 9.17) is 23.2 Å². The number of hydrogen-bond donors (Lipinski definition) is 0. The van der Waals surface area contributed by atoms with Gasteiger partial charge in [-0.25, -0.2) is 0 Å². The molecule has 0 radical (unpaired) electrons. The van der Waals surface area contributed by atoms with E-state index in [1.165, 1.54) is 11.1 Å². The topological polar surface area (TPSA) is 43.9 Å². The van der Waals surface area contributed by atoms with E-state index >= 15 is 0 Å². The van der Waals surface area contributed by atoms with Crippen molar-refractivity contribution in [1.29, 1.82) is 0 Å². The van der Waals surface area contributed by atoms with Crippen LogP contribution in [0.5, 0.6) is 0 Å². The Hall–Kier alpha value is -2.86. The maximum absolute atomic E-state index is 14.1. The number of halogens is 2. The molecule has 3 aromatic rings. The lowest BCUT2D eigenvalue weighted by molar-refractivity contribution is -0.136. The smallest absolute Gasteiger partial charge is 0.233 e. The summed E-state index contributed by atoms with van der Waals surface area (Å²) in [6, 6.07) is 26.3. The van der Waals surface area contributed by atoms with Crippen LogP contribution in [-0.2, 0) is 27.0 Å². The van der Waals surface area contributed by atoms with Crippen LogP contribution in [0.3, 0.4) is 0 Å². The van der Waals surface area contributed by atoms with E-state index in [0.717, 1.165) is 50.9 Å². The summed E-state index contributed by atoms with van der Waals surface area (Å²) in [4.78, 5) is 32.9. The molecule has 7 heteroatoms. The van der Waals surface area contributed by atoms with Gasteiger partial charge in [0.05, 0.1) is 21.0 Å². The van der Waals surface area contributed by atoms with Crippen LogP contribution >= 0.6 is 23.2 Å². The van der Waals surface area contributed by atoms with E-state index in [2.05, 4.69) is 29.2 Å². The van der Waals surface area contributed by atoms with Gasteiger partial charge in [-0.2, -0.15) is 0 Å². The number of rotatable bonds is 9. The van der Waals surface area contributed by atoms with E-state index in [1.807, 2.05) is 72.4 Å². The van der Waals surface area contributed by atoms with Crippen LogP contribution in [-0.4, -0.2) is 66.8 Å². The third kappa shape index (κ3) is 5.90. The van der Waals surface area contributed by atoms with Crippen molar-refractivity contribution >= 4 is 35.0 Å². The average molecular weight is 593 g/mol. The SMILES string of the molecule is CC(=O)N(C)C1(c2ccccc2)CCN(CC2C[C@@]2(C(=O)N(C)CCc2ccccc2)c2ccc(Cl)c(Cl)c2)CC1. The van der Waals surface area contributed by atoms with Crippen LogP contribution in [0, 0.1) is 5.92 Å². The van der Waals surface area contributed by atoms with Gasteiger partial charge in [-0.15, -0.1) is 0 Å². The van der Waals surface area contributed by atoms with Crippen LogP contribution in [0.15, 0.2) is 78.9 Å². The first-order chi connectivity index (χ1) is 19.7. The molecule has 2 aliphatic rings. The van der Waals surface area contributed by atoms with Gasteiger partial charge in [-0.3, -0.25) is 9.59 Å². The molecule has 3 aromatic carbocycles. The maximum Gasteiger partial charge on any atom is 0.233 e. The molecule has 1 saturated carbocycles. The molecule has 1 heterocycles. The Labute approximate surface area is 254 Å². The first-order valence-electron chi connectivity index (χ1n) is 14.4. The third-order valence-electron chi connectivity index (χ3n) is 9.43. The Morgan fingerprint density at radius 2 is 1.51 bits per heavy atom. The van der Waals surface area contributed by atoms with Crippen molar-refractivity contribution in [3.8, 4) is 0 Å². The molecule has 2 atom stereocenters. The van der Waals surface area contributed by atoms with Crippen molar-refractivity contribution in [2.45, 2.75) is 43.6 Å². The summed E-state index contributed by atoms with van der Waals surface area (Å²) >= 11 is 12.7. The zero-order valence-electron chi connectivity index (χ0n) is 24.2. The number of likely N-dealkylation sites (N-methyl/N-ethyl adjacent to an activating group) is 1. The number of benzene rings is 3. The van der Waals surface area contributed by atoms with E-state index in [9.17, 15) is 9.59 Å². The van der Waals surface area contributed by atoms with Gasteiger partial charge >= 0.3 is 0 Å². The van der Waals surface area contributed by atoms with Gasteiger partial charge in [-0.1, -0.05) is 89.9 Å². The Morgan fingerprint density at radius 1 is 0.878 bits per heavy atom.